The molecular formula is C34H21N. The lowest BCUT2D eigenvalue weighted by molar-refractivity contribution is 1.30. The third-order valence-electron chi connectivity index (χ3n) is 7.52. The van der Waals surface area contributed by atoms with E-state index in [0.717, 1.165) is 0 Å². The van der Waals surface area contributed by atoms with Crippen LogP contribution in [0, 0.1) is 0 Å². The summed E-state index contributed by atoms with van der Waals surface area (Å²) in [7, 11) is 0. The molecule has 6 aromatic carbocycles. The average Bonchev–Trinajstić information content (AvgIpc) is 3.18. The summed E-state index contributed by atoms with van der Waals surface area (Å²) in [4.78, 5) is 2.45. The van der Waals surface area contributed by atoms with Gasteiger partial charge in [-0.05, 0) is 68.4 Å². The van der Waals surface area contributed by atoms with E-state index in [9.17, 15) is 0 Å². The summed E-state index contributed by atoms with van der Waals surface area (Å²) in [6.45, 7) is 0. The molecule has 0 atom stereocenters. The van der Waals surface area contributed by atoms with E-state index in [0.29, 0.717) is 0 Å². The Morgan fingerprint density at radius 3 is 1.40 bits per heavy atom. The number of benzene rings is 6. The minimum atomic E-state index is 1.19. The molecule has 0 N–H and O–H groups in total. The van der Waals surface area contributed by atoms with Crippen molar-refractivity contribution in [3.63, 3.8) is 0 Å². The van der Waals surface area contributed by atoms with Gasteiger partial charge >= 0.3 is 0 Å². The smallest absolute Gasteiger partial charge is 0.0540 e. The Morgan fingerprint density at radius 1 is 0.343 bits per heavy atom. The second-order valence-electron chi connectivity index (χ2n) is 9.36. The Balaban J connectivity index is 1.48. The van der Waals surface area contributed by atoms with Crippen LogP contribution in [0.25, 0.3) is 55.3 Å². The van der Waals surface area contributed by atoms with Crippen LogP contribution < -0.4 is 4.90 Å². The van der Waals surface area contributed by atoms with Gasteiger partial charge in [0, 0.05) is 16.8 Å². The first kappa shape index (κ1) is 18.8. The van der Waals surface area contributed by atoms with Gasteiger partial charge in [0.05, 0.1) is 11.4 Å². The molecule has 35 heavy (non-hydrogen) atoms. The van der Waals surface area contributed by atoms with Gasteiger partial charge in [-0.25, -0.2) is 0 Å². The first-order valence-corrected chi connectivity index (χ1v) is 12.1. The van der Waals surface area contributed by atoms with Crippen molar-refractivity contribution in [1.82, 2.24) is 0 Å². The quantitative estimate of drug-likeness (QED) is 0.244. The zero-order valence-corrected chi connectivity index (χ0v) is 19.1. The normalized spacial score (nSPS) is 12.5. The van der Waals surface area contributed by atoms with Crippen molar-refractivity contribution < 1.29 is 0 Å². The molecular weight excluding hydrogens is 422 g/mol. The van der Waals surface area contributed by atoms with Crippen molar-refractivity contribution in [1.29, 1.82) is 0 Å². The highest BCUT2D eigenvalue weighted by Crippen LogP contribution is 2.53. The molecule has 1 aliphatic carbocycles. The third kappa shape index (κ3) is 2.53. The summed E-state index contributed by atoms with van der Waals surface area (Å²) in [5, 5.41) is 2.64. The Labute approximate surface area is 204 Å². The van der Waals surface area contributed by atoms with Crippen LogP contribution in [0.1, 0.15) is 0 Å². The molecule has 0 unspecified atom stereocenters. The summed E-state index contributed by atoms with van der Waals surface area (Å²) < 4.78 is 0. The van der Waals surface area contributed by atoms with Gasteiger partial charge in [0.15, 0.2) is 0 Å². The van der Waals surface area contributed by atoms with E-state index in [1.807, 2.05) is 0 Å². The molecule has 0 bridgehead atoms. The fourth-order valence-corrected chi connectivity index (χ4v) is 6.08. The second kappa shape index (κ2) is 6.94. The molecule has 162 valence electrons. The molecule has 6 aromatic rings. The fourth-order valence-electron chi connectivity index (χ4n) is 6.08. The number of rotatable bonds is 1. The third-order valence-corrected chi connectivity index (χ3v) is 7.52. The molecule has 0 aromatic heterocycles. The van der Waals surface area contributed by atoms with Crippen LogP contribution in [0.15, 0.2) is 127 Å². The second-order valence-corrected chi connectivity index (χ2v) is 9.36. The van der Waals surface area contributed by atoms with E-state index in [2.05, 4.69) is 132 Å². The van der Waals surface area contributed by atoms with E-state index in [4.69, 9.17) is 0 Å². The lowest BCUT2D eigenvalue weighted by atomic mass is 9.95. The maximum Gasteiger partial charge on any atom is 0.0540 e. The van der Waals surface area contributed by atoms with E-state index in [1.165, 1.54) is 72.3 Å². The van der Waals surface area contributed by atoms with Gasteiger partial charge in [0.2, 0.25) is 0 Å². The largest absolute Gasteiger partial charge is 0.309 e. The molecule has 0 radical (unpaired) electrons. The number of nitrogens with zero attached hydrogens (tertiary/aromatic N) is 1. The highest BCUT2D eigenvalue weighted by Gasteiger charge is 2.28. The lowest BCUT2D eigenvalue weighted by Crippen LogP contribution is -2.11. The molecule has 1 aliphatic heterocycles. The Morgan fingerprint density at radius 2 is 0.800 bits per heavy atom. The number of hydrogen-bond acceptors (Lipinski definition) is 1. The van der Waals surface area contributed by atoms with Gasteiger partial charge in [-0.15, -0.1) is 0 Å². The average molecular weight is 444 g/mol. The van der Waals surface area contributed by atoms with Crippen LogP contribution in [0.3, 0.4) is 0 Å². The number of anilines is 3. The van der Waals surface area contributed by atoms with E-state index in [1.54, 1.807) is 0 Å². The summed E-state index contributed by atoms with van der Waals surface area (Å²) in [6, 6.07) is 46.6. The van der Waals surface area contributed by atoms with E-state index >= 15 is 0 Å². The van der Waals surface area contributed by atoms with Crippen molar-refractivity contribution in [2.24, 2.45) is 0 Å². The minimum absolute atomic E-state index is 1.19. The van der Waals surface area contributed by atoms with Crippen LogP contribution in [-0.2, 0) is 0 Å². The lowest BCUT2D eigenvalue weighted by Gasteiger charge is -2.28. The van der Waals surface area contributed by atoms with E-state index < -0.39 is 0 Å². The van der Waals surface area contributed by atoms with Gasteiger partial charge in [-0.2, -0.15) is 0 Å². The standard InChI is InChI=1S/C34H21N/c1-2-12-25-24(11-1)28-15-5-7-18-32(28)35(33-19-8-6-16-29(25)33)23-20-22-10-9-17-30-26-13-3-4-14-27(26)31(21-23)34(22)30/h1-21H. The molecule has 0 saturated carbocycles. The van der Waals surface area contributed by atoms with Crippen molar-refractivity contribution in [2.45, 2.75) is 0 Å². The molecule has 0 saturated heterocycles. The van der Waals surface area contributed by atoms with Gasteiger partial charge < -0.3 is 4.90 Å². The first-order valence-electron chi connectivity index (χ1n) is 12.1. The molecule has 0 fully saturated rings. The molecule has 8 rings (SSSR count). The van der Waals surface area contributed by atoms with Crippen molar-refractivity contribution >= 4 is 27.8 Å². The topological polar surface area (TPSA) is 3.24 Å². The molecule has 1 heterocycles. The van der Waals surface area contributed by atoms with Gasteiger partial charge in [0.1, 0.15) is 0 Å². The zero-order chi connectivity index (χ0) is 22.9. The maximum atomic E-state index is 2.45. The number of hydrogen-bond donors (Lipinski definition) is 0. The Hall–Kier alpha value is -4.62. The number of fused-ring (bicyclic) bond motifs is 8. The molecule has 2 aliphatic rings. The van der Waals surface area contributed by atoms with Crippen LogP contribution in [0.5, 0.6) is 0 Å². The van der Waals surface area contributed by atoms with Crippen molar-refractivity contribution in [2.75, 3.05) is 4.90 Å². The van der Waals surface area contributed by atoms with E-state index in [-0.39, 0.29) is 0 Å². The van der Waals surface area contributed by atoms with Gasteiger partial charge in [0.25, 0.3) is 0 Å². The Kier molecular flexibility index (Phi) is 3.72. The van der Waals surface area contributed by atoms with Crippen LogP contribution in [-0.4, -0.2) is 0 Å². The predicted molar refractivity (Wildman–Crippen MR) is 147 cm³/mol. The fraction of sp³-hybridized carbons (Fsp3) is 0. The zero-order valence-electron chi connectivity index (χ0n) is 19.1. The molecule has 0 spiro atoms. The van der Waals surface area contributed by atoms with Crippen molar-refractivity contribution in [3.05, 3.63) is 127 Å². The predicted octanol–water partition coefficient (Wildman–Crippen LogP) is 9.60. The van der Waals surface area contributed by atoms with Crippen LogP contribution in [0.2, 0.25) is 0 Å². The summed E-state index contributed by atoms with van der Waals surface area (Å²) in [5.41, 5.74) is 14.0. The molecule has 1 nitrogen and oxygen atoms in total. The summed E-state index contributed by atoms with van der Waals surface area (Å²) >= 11 is 0. The van der Waals surface area contributed by atoms with Crippen LogP contribution in [0.4, 0.5) is 17.1 Å². The molecule has 0 amide bonds. The molecule has 1 heteroatoms. The summed E-state index contributed by atoms with van der Waals surface area (Å²) in [5.74, 6) is 0. The van der Waals surface area contributed by atoms with Crippen LogP contribution >= 0.6 is 0 Å². The Bertz CT molecular complexity index is 1740. The monoisotopic (exact) mass is 443 g/mol. The number of para-hydroxylation sites is 2. The minimum Gasteiger partial charge on any atom is -0.309 e. The summed E-state index contributed by atoms with van der Waals surface area (Å²) in [6.07, 6.45) is 0. The SMILES string of the molecule is c1ccc2c(c1)-c1ccccc1N(c1cc3c4c(cccc4c1)-c1ccccc1-3)c1ccccc1-2. The maximum absolute atomic E-state index is 2.45. The highest BCUT2D eigenvalue weighted by molar-refractivity contribution is 6.17. The van der Waals surface area contributed by atoms with Crippen molar-refractivity contribution in [3.8, 4) is 44.5 Å². The van der Waals surface area contributed by atoms with Gasteiger partial charge in [-0.3, -0.25) is 0 Å². The first-order chi connectivity index (χ1) is 17.4. The van der Waals surface area contributed by atoms with Gasteiger partial charge in [-0.1, -0.05) is 103 Å². The highest BCUT2D eigenvalue weighted by atomic mass is 15.1.